The zero-order valence-electron chi connectivity index (χ0n) is 10.8. The molecule has 1 amide bonds. The highest BCUT2D eigenvalue weighted by Gasteiger charge is 2.28. The summed E-state index contributed by atoms with van der Waals surface area (Å²) in [5.74, 6) is 0.404. The van der Waals surface area contributed by atoms with Crippen LogP contribution in [-0.4, -0.2) is 41.6 Å². The largest absolute Gasteiger partial charge is 0.357 e. The standard InChI is InChI=1S/C12H19N5O/c1-12(3-5-14-6-4-12)17-10(18)9-7-15-11(13-2)16-8-9/h7-8,14H,3-6H2,1-2H3,(H,17,18)(H,13,15,16). The monoisotopic (exact) mass is 249 g/mol. The molecule has 98 valence electrons. The highest BCUT2D eigenvalue weighted by atomic mass is 16.1. The zero-order valence-corrected chi connectivity index (χ0v) is 10.8. The van der Waals surface area contributed by atoms with Gasteiger partial charge in [0.15, 0.2) is 0 Å². The Morgan fingerprint density at radius 2 is 1.94 bits per heavy atom. The van der Waals surface area contributed by atoms with Crippen molar-refractivity contribution in [3.05, 3.63) is 18.0 Å². The van der Waals surface area contributed by atoms with Crippen LogP contribution in [0.25, 0.3) is 0 Å². The van der Waals surface area contributed by atoms with Gasteiger partial charge in [-0.1, -0.05) is 0 Å². The minimum absolute atomic E-state index is 0.109. The zero-order chi connectivity index (χ0) is 13.0. The number of carbonyl (C=O) groups is 1. The van der Waals surface area contributed by atoms with E-state index in [-0.39, 0.29) is 11.4 Å². The maximum Gasteiger partial charge on any atom is 0.254 e. The van der Waals surface area contributed by atoms with Crippen LogP contribution in [0.5, 0.6) is 0 Å². The molecule has 1 aromatic rings. The van der Waals surface area contributed by atoms with Crippen LogP contribution in [0.2, 0.25) is 0 Å². The van der Waals surface area contributed by atoms with E-state index in [0.29, 0.717) is 11.5 Å². The fourth-order valence-corrected chi connectivity index (χ4v) is 2.02. The van der Waals surface area contributed by atoms with Crippen molar-refractivity contribution < 1.29 is 4.79 Å². The number of carbonyl (C=O) groups excluding carboxylic acids is 1. The first-order valence-electron chi connectivity index (χ1n) is 6.16. The first-order valence-corrected chi connectivity index (χ1v) is 6.16. The number of nitrogens with one attached hydrogen (secondary N) is 3. The maximum atomic E-state index is 12.1. The number of amides is 1. The third kappa shape index (κ3) is 2.95. The summed E-state index contributed by atoms with van der Waals surface area (Å²) in [5.41, 5.74) is 0.359. The Labute approximate surface area is 107 Å². The molecule has 6 heteroatoms. The van der Waals surface area contributed by atoms with Gasteiger partial charge in [0.05, 0.1) is 5.56 Å². The summed E-state index contributed by atoms with van der Waals surface area (Å²) >= 11 is 0. The Bertz CT molecular complexity index is 411. The lowest BCUT2D eigenvalue weighted by Crippen LogP contribution is -2.52. The predicted molar refractivity (Wildman–Crippen MR) is 69.6 cm³/mol. The van der Waals surface area contributed by atoms with Crippen LogP contribution in [0.4, 0.5) is 5.95 Å². The van der Waals surface area contributed by atoms with E-state index in [1.165, 1.54) is 0 Å². The van der Waals surface area contributed by atoms with Crippen molar-refractivity contribution in [1.29, 1.82) is 0 Å². The molecule has 0 aliphatic carbocycles. The van der Waals surface area contributed by atoms with Crippen molar-refractivity contribution >= 4 is 11.9 Å². The van der Waals surface area contributed by atoms with E-state index < -0.39 is 0 Å². The van der Waals surface area contributed by atoms with Crippen LogP contribution in [-0.2, 0) is 0 Å². The van der Waals surface area contributed by atoms with Gasteiger partial charge in [0, 0.05) is 25.0 Å². The Morgan fingerprint density at radius 1 is 1.33 bits per heavy atom. The Hall–Kier alpha value is -1.69. The highest BCUT2D eigenvalue weighted by molar-refractivity contribution is 5.94. The molecule has 1 saturated heterocycles. The predicted octanol–water partition coefficient (Wildman–Crippen LogP) is 0.390. The van der Waals surface area contributed by atoms with E-state index in [0.717, 1.165) is 25.9 Å². The number of rotatable bonds is 3. The average Bonchev–Trinajstić information content (AvgIpc) is 2.39. The van der Waals surface area contributed by atoms with Crippen LogP contribution in [0.1, 0.15) is 30.1 Å². The number of piperidine rings is 1. The minimum atomic E-state index is -0.135. The second kappa shape index (κ2) is 5.30. The summed E-state index contributed by atoms with van der Waals surface area (Å²) in [4.78, 5) is 20.2. The topological polar surface area (TPSA) is 78.9 Å². The molecule has 3 N–H and O–H groups in total. The first kappa shape index (κ1) is 12.8. The van der Waals surface area contributed by atoms with Gasteiger partial charge in [0.25, 0.3) is 5.91 Å². The Morgan fingerprint density at radius 3 is 2.50 bits per heavy atom. The highest BCUT2D eigenvalue weighted by Crippen LogP contribution is 2.17. The minimum Gasteiger partial charge on any atom is -0.357 e. The van der Waals surface area contributed by atoms with Crippen molar-refractivity contribution in [1.82, 2.24) is 20.6 Å². The Balaban J connectivity index is 2.02. The second-order valence-electron chi connectivity index (χ2n) is 4.81. The van der Waals surface area contributed by atoms with Crippen molar-refractivity contribution in [3.8, 4) is 0 Å². The molecule has 6 nitrogen and oxygen atoms in total. The molecule has 2 rings (SSSR count). The molecule has 0 saturated carbocycles. The fraction of sp³-hybridized carbons (Fsp3) is 0.583. The molecule has 0 radical (unpaired) electrons. The third-order valence-electron chi connectivity index (χ3n) is 3.26. The van der Waals surface area contributed by atoms with Crippen molar-refractivity contribution in [2.75, 3.05) is 25.5 Å². The molecular weight excluding hydrogens is 230 g/mol. The van der Waals surface area contributed by atoms with Crippen molar-refractivity contribution in [3.63, 3.8) is 0 Å². The van der Waals surface area contributed by atoms with Gasteiger partial charge in [-0.3, -0.25) is 4.79 Å². The molecule has 1 aliphatic heterocycles. The molecule has 0 unspecified atom stereocenters. The quantitative estimate of drug-likeness (QED) is 0.722. The fourth-order valence-electron chi connectivity index (χ4n) is 2.02. The van der Waals surface area contributed by atoms with Gasteiger partial charge in [0.1, 0.15) is 0 Å². The van der Waals surface area contributed by atoms with E-state index in [1.807, 2.05) is 0 Å². The summed E-state index contributed by atoms with van der Waals surface area (Å²) < 4.78 is 0. The summed E-state index contributed by atoms with van der Waals surface area (Å²) in [6.45, 7) is 3.95. The Kier molecular flexibility index (Phi) is 3.76. The molecule has 18 heavy (non-hydrogen) atoms. The van der Waals surface area contributed by atoms with Gasteiger partial charge in [-0.05, 0) is 32.9 Å². The van der Waals surface area contributed by atoms with Gasteiger partial charge in [-0.25, -0.2) is 9.97 Å². The maximum absolute atomic E-state index is 12.1. The third-order valence-corrected chi connectivity index (χ3v) is 3.26. The molecular formula is C12H19N5O. The van der Waals surface area contributed by atoms with Gasteiger partial charge in [0.2, 0.25) is 5.95 Å². The van der Waals surface area contributed by atoms with E-state index in [9.17, 15) is 4.79 Å². The van der Waals surface area contributed by atoms with Gasteiger partial charge < -0.3 is 16.0 Å². The lowest BCUT2D eigenvalue weighted by Gasteiger charge is -2.34. The number of nitrogens with zero attached hydrogens (tertiary/aromatic N) is 2. The van der Waals surface area contributed by atoms with Crippen LogP contribution in [0.15, 0.2) is 12.4 Å². The lowest BCUT2D eigenvalue weighted by molar-refractivity contribution is 0.0887. The van der Waals surface area contributed by atoms with Crippen LogP contribution in [0, 0.1) is 0 Å². The van der Waals surface area contributed by atoms with Gasteiger partial charge in [-0.2, -0.15) is 0 Å². The second-order valence-corrected chi connectivity index (χ2v) is 4.81. The molecule has 2 heterocycles. The number of hydrogen-bond acceptors (Lipinski definition) is 5. The van der Waals surface area contributed by atoms with Crippen molar-refractivity contribution in [2.24, 2.45) is 0 Å². The average molecular weight is 249 g/mol. The molecule has 1 aromatic heterocycles. The molecule has 0 bridgehead atoms. The van der Waals surface area contributed by atoms with Gasteiger partial charge >= 0.3 is 0 Å². The van der Waals surface area contributed by atoms with E-state index in [4.69, 9.17) is 0 Å². The SMILES string of the molecule is CNc1ncc(C(=O)NC2(C)CCNCC2)cn1. The van der Waals surface area contributed by atoms with Crippen LogP contribution in [0.3, 0.4) is 0 Å². The van der Waals surface area contributed by atoms with Crippen LogP contribution >= 0.6 is 0 Å². The normalized spacial score (nSPS) is 18.1. The van der Waals surface area contributed by atoms with E-state index in [2.05, 4.69) is 32.8 Å². The summed E-state index contributed by atoms with van der Waals surface area (Å²) in [6.07, 6.45) is 4.96. The summed E-state index contributed by atoms with van der Waals surface area (Å²) in [6, 6.07) is 0. The summed E-state index contributed by atoms with van der Waals surface area (Å²) in [7, 11) is 1.74. The smallest absolute Gasteiger partial charge is 0.254 e. The molecule has 1 fully saturated rings. The van der Waals surface area contributed by atoms with Crippen molar-refractivity contribution in [2.45, 2.75) is 25.3 Å². The summed E-state index contributed by atoms with van der Waals surface area (Å²) in [5, 5.41) is 9.17. The molecule has 0 spiro atoms. The molecule has 0 aromatic carbocycles. The van der Waals surface area contributed by atoms with E-state index >= 15 is 0 Å². The van der Waals surface area contributed by atoms with Crippen LogP contribution < -0.4 is 16.0 Å². The number of hydrogen-bond donors (Lipinski definition) is 3. The molecule has 1 aliphatic rings. The van der Waals surface area contributed by atoms with E-state index in [1.54, 1.807) is 19.4 Å². The van der Waals surface area contributed by atoms with Gasteiger partial charge in [-0.15, -0.1) is 0 Å². The molecule has 0 atom stereocenters. The lowest BCUT2D eigenvalue weighted by atomic mass is 9.90. The number of anilines is 1. The first-order chi connectivity index (χ1) is 8.63. The number of aromatic nitrogens is 2.